The molecule has 1 heterocycles. The topological polar surface area (TPSA) is 44.5 Å². The van der Waals surface area contributed by atoms with Gasteiger partial charge in [0, 0.05) is 12.1 Å². The van der Waals surface area contributed by atoms with Gasteiger partial charge in [-0.05, 0) is 12.5 Å². The van der Waals surface area contributed by atoms with E-state index >= 15 is 0 Å². The highest BCUT2D eigenvalue weighted by Gasteiger charge is 2.18. The summed E-state index contributed by atoms with van der Waals surface area (Å²) in [6.07, 6.45) is 3.85. The molecule has 2 rings (SSSR count). The quantitative estimate of drug-likeness (QED) is 0.773. The summed E-state index contributed by atoms with van der Waals surface area (Å²) in [5, 5.41) is 0. The summed E-state index contributed by atoms with van der Waals surface area (Å²) in [7, 11) is 0. The van der Waals surface area contributed by atoms with E-state index < -0.39 is 0 Å². The number of ether oxygens (including phenoxy) is 2. The zero-order valence-electron chi connectivity index (χ0n) is 8.12. The van der Waals surface area contributed by atoms with Crippen molar-refractivity contribution in [3.63, 3.8) is 0 Å². The summed E-state index contributed by atoms with van der Waals surface area (Å²) >= 11 is 0. The van der Waals surface area contributed by atoms with Crippen LogP contribution in [-0.2, 0) is 0 Å². The summed E-state index contributed by atoms with van der Waals surface area (Å²) < 4.78 is 10.8. The van der Waals surface area contributed by atoms with Gasteiger partial charge < -0.3 is 15.2 Å². The standard InChI is InChI=1S/C11H13NO2/c1-8-4-5-9(3-2-6-12)11-10(8)13-7-14-11/h2-5H,6-7,12H2,1H3/b3-2+. The van der Waals surface area contributed by atoms with E-state index in [1.807, 2.05) is 31.2 Å². The molecule has 0 saturated carbocycles. The Hall–Kier alpha value is -1.48. The van der Waals surface area contributed by atoms with Crippen molar-refractivity contribution in [1.82, 2.24) is 0 Å². The van der Waals surface area contributed by atoms with Crippen LogP contribution in [0, 0.1) is 6.92 Å². The molecule has 0 bridgehead atoms. The Bertz CT molecular complexity index is 372. The first-order valence-corrected chi connectivity index (χ1v) is 4.58. The van der Waals surface area contributed by atoms with Gasteiger partial charge in [-0.15, -0.1) is 0 Å². The Morgan fingerprint density at radius 3 is 2.93 bits per heavy atom. The molecule has 0 unspecified atom stereocenters. The average Bonchev–Trinajstić information content (AvgIpc) is 2.66. The summed E-state index contributed by atoms with van der Waals surface area (Å²) in [5.41, 5.74) is 7.51. The van der Waals surface area contributed by atoms with Gasteiger partial charge in [0.05, 0.1) is 0 Å². The molecule has 1 aromatic rings. The number of hydrogen-bond acceptors (Lipinski definition) is 3. The van der Waals surface area contributed by atoms with Crippen molar-refractivity contribution in [2.75, 3.05) is 13.3 Å². The summed E-state index contributed by atoms with van der Waals surface area (Å²) in [6, 6.07) is 4.03. The van der Waals surface area contributed by atoms with Gasteiger partial charge in [0.2, 0.25) is 6.79 Å². The van der Waals surface area contributed by atoms with Crippen molar-refractivity contribution in [3.05, 3.63) is 29.3 Å². The highest BCUT2D eigenvalue weighted by molar-refractivity contribution is 5.65. The molecule has 0 aromatic heterocycles. The molecule has 0 saturated heterocycles. The van der Waals surface area contributed by atoms with Crippen molar-refractivity contribution in [3.8, 4) is 11.5 Å². The van der Waals surface area contributed by atoms with Crippen LogP contribution in [0.25, 0.3) is 6.08 Å². The maximum absolute atomic E-state index is 5.39. The van der Waals surface area contributed by atoms with E-state index in [2.05, 4.69) is 0 Å². The maximum atomic E-state index is 5.39. The normalized spacial score (nSPS) is 13.9. The minimum absolute atomic E-state index is 0.309. The predicted octanol–water partition coefficient (Wildman–Crippen LogP) is 1.70. The third kappa shape index (κ3) is 1.46. The van der Waals surface area contributed by atoms with Crippen LogP contribution in [0.5, 0.6) is 11.5 Å². The molecule has 0 spiro atoms. The molecule has 0 fully saturated rings. The van der Waals surface area contributed by atoms with E-state index in [4.69, 9.17) is 15.2 Å². The largest absolute Gasteiger partial charge is 0.453 e. The fourth-order valence-electron chi connectivity index (χ4n) is 1.48. The number of rotatable bonds is 2. The second-order valence-electron chi connectivity index (χ2n) is 3.17. The Morgan fingerprint density at radius 1 is 1.36 bits per heavy atom. The molecule has 1 aliphatic heterocycles. The van der Waals surface area contributed by atoms with Gasteiger partial charge in [-0.1, -0.05) is 24.3 Å². The van der Waals surface area contributed by atoms with Crippen molar-refractivity contribution in [2.45, 2.75) is 6.92 Å². The number of aryl methyl sites for hydroxylation is 1. The van der Waals surface area contributed by atoms with Crippen molar-refractivity contribution in [1.29, 1.82) is 0 Å². The second kappa shape index (κ2) is 3.72. The Balaban J connectivity index is 2.43. The first kappa shape index (κ1) is 9.09. The molecular weight excluding hydrogens is 178 g/mol. The molecule has 3 nitrogen and oxygen atoms in total. The van der Waals surface area contributed by atoms with E-state index in [9.17, 15) is 0 Å². The van der Waals surface area contributed by atoms with Gasteiger partial charge in [-0.3, -0.25) is 0 Å². The molecule has 0 radical (unpaired) electrons. The van der Waals surface area contributed by atoms with E-state index in [1.165, 1.54) is 0 Å². The maximum Gasteiger partial charge on any atom is 0.231 e. The molecule has 2 N–H and O–H groups in total. The van der Waals surface area contributed by atoms with E-state index in [1.54, 1.807) is 0 Å². The minimum atomic E-state index is 0.309. The predicted molar refractivity (Wildman–Crippen MR) is 55.4 cm³/mol. The van der Waals surface area contributed by atoms with Gasteiger partial charge in [-0.25, -0.2) is 0 Å². The van der Waals surface area contributed by atoms with Crippen LogP contribution < -0.4 is 15.2 Å². The summed E-state index contributed by atoms with van der Waals surface area (Å²) in [6.45, 7) is 2.84. The number of nitrogens with two attached hydrogens (primary N) is 1. The molecule has 3 heteroatoms. The molecular formula is C11H13NO2. The van der Waals surface area contributed by atoms with Crippen LogP contribution in [-0.4, -0.2) is 13.3 Å². The molecule has 0 aliphatic carbocycles. The van der Waals surface area contributed by atoms with Gasteiger partial charge in [0.15, 0.2) is 11.5 Å². The fraction of sp³-hybridized carbons (Fsp3) is 0.273. The lowest BCUT2D eigenvalue weighted by molar-refractivity contribution is 0.173. The molecule has 1 aliphatic rings. The summed E-state index contributed by atoms with van der Waals surface area (Å²) in [4.78, 5) is 0. The number of fused-ring (bicyclic) bond motifs is 1. The molecule has 14 heavy (non-hydrogen) atoms. The van der Waals surface area contributed by atoms with Crippen LogP contribution in [0.3, 0.4) is 0 Å². The van der Waals surface area contributed by atoms with Crippen molar-refractivity contribution in [2.24, 2.45) is 5.73 Å². The Kier molecular flexibility index (Phi) is 2.41. The first-order chi connectivity index (χ1) is 6.83. The van der Waals surface area contributed by atoms with Crippen LogP contribution in [0.4, 0.5) is 0 Å². The zero-order chi connectivity index (χ0) is 9.97. The van der Waals surface area contributed by atoms with E-state index in [0.29, 0.717) is 13.3 Å². The minimum Gasteiger partial charge on any atom is -0.453 e. The lowest BCUT2D eigenvalue weighted by Gasteiger charge is -2.03. The van der Waals surface area contributed by atoms with Crippen LogP contribution in [0.2, 0.25) is 0 Å². The van der Waals surface area contributed by atoms with Crippen molar-refractivity contribution >= 4 is 6.08 Å². The number of hydrogen-bond donors (Lipinski definition) is 1. The van der Waals surface area contributed by atoms with E-state index in [-0.39, 0.29) is 0 Å². The Labute approximate surface area is 83.1 Å². The number of benzene rings is 1. The fourth-order valence-corrected chi connectivity index (χ4v) is 1.48. The van der Waals surface area contributed by atoms with Crippen molar-refractivity contribution < 1.29 is 9.47 Å². The zero-order valence-corrected chi connectivity index (χ0v) is 8.12. The average molecular weight is 191 g/mol. The monoisotopic (exact) mass is 191 g/mol. The van der Waals surface area contributed by atoms with Crippen LogP contribution in [0.15, 0.2) is 18.2 Å². The lowest BCUT2D eigenvalue weighted by Crippen LogP contribution is -1.94. The first-order valence-electron chi connectivity index (χ1n) is 4.58. The highest BCUT2D eigenvalue weighted by Crippen LogP contribution is 2.38. The van der Waals surface area contributed by atoms with Crippen LogP contribution in [0.1, 0.15) is 11.1 Å². The Morgan fingerprint density at radius 2 is 2.14 bits per heavy atom. The SMILES string of the molecule is Cc1ccc(/C=C/CN)c2c1OCO2. The third-order valence-electron chi connectivity index (χ3n) is 2.18. The second-order valence-corrected chi connectivity index (χ2v) is 3.17. The smallest absolute Gasteiger partial charge is 0.231 e. The highest BCUT2D eigenvalue weighted by atomic mass is 16.7. The van der Waals surface area contributed by atoms with Crippen LogP contribution >= 0.6 is 0 Å². The third-order valence-corrected chi connectivity index (χ3v) is 2.18. The van der Waals surface area contributed by atoms with Gasteiger partial charge in [0.25, 0.3) is 0 Å². The lowest BCUT2D eigenvalue weighted by atomic mass is 10.1. The molecule has 74 valence electrons. The van der Waals surface area contributed by atoms with Gasteiger partial charge >= 0.3 is 0 Å². The molecule has 0 amide bonds. The molecule has 0 atom stereocenters. The van der Waals surface area contributed by atoms with E-state index in [0.717, 1.165) is 22.6 Å². The molecule has 1 aromatic carbocycles. The summed E-state index contributed by atoms with van der Waals surface area (Å²) in [5.74, 6) is 1.68. The van der Waals surface area contributed by atoms with Gasteiger partial charge in [0.1, 0.15) is 0 Å². The van der Waals surface area contributed by atoms with Gasteiger partial charge in [-0.2, -0.15) is 0 Å².